The summed E-state index contributed by atoms with van der Waals surface area (Å²) in [7, 11) is -3.25. The Bertz CT molecular complexity index is 1790. The molecule has 0 unspecified atom stereocenters. The van der Waals surface area contributed by atoms with Crippen molar-refractivity contribution in [3.05, 3.63) is 182 Å². The molecule has 0 aliphatic rings. The van der Waals surface area contributed by atoms with Gasteiger partial charge in [0.1, 0.15) is 46.4 Å². The van der Waals surface area contributed by atoms with Crippen molar-refractivity contribution < 1.29 is 11.2 Å². The van der Waals surface area contributed by atoms with E-state index >= 15 is 0 Å². The normalized spacial score (nSPS) is 12.0. The van der Waals surface area contributed by atoms with Crippen molar-refractivity contribution in [3.8, 4) is 0 Å². The van der Waals surface area contributed by atoms with E-state index in [0.29, 0.717) is 0 Å². The van der Waals surface area contributed by atoms with E-state index in [9.17, 15) is 0 Å². The first kappa shape index (κ1) is 65.3. The molecule has 12 heteroatoms. The molecule has 0 nitrogen and oxygen atoms in total. The predicted molar refractivity (Wildman–Crippen MR) is 346 cm³/mol. The fourth-order valence-corrected chi connectivity index (χ4v) is 17.9. The summed E-state index contributed by atoms with van der Waals surface area (Å²) in [5.41, 5.74) is -2.75. The number of hydrogen-bond donors (Lipinski definition) is 0. The molecular weight excluding hydrogens is 1510 g/mol. The van der Waals surface area contributed by atoms with Crippen LogP contribution in [0.2, 0.25) is 0 Å². The summed E-state index contributed by atoms with van der Waals surface area (Å²) in [6.45, 7) is 4.59. The summed E-state index contributed by atoms with van der Waals surface area (Å²) >= 11 is 26.1. The Balaban J connectivity index is 0.000000310. The third-order valence-corrected chi connectivity index (χ3v) is 21.4. The molecule has 0 aromatic heterocycles. The molecular formula is C58H76Br8Mn2P2. The molecule has 0 aliphatic carbocycles. The Labute approximate surface area is 487 Å². The van der Waals surface area contributed by atoms with E-state index in [2.05, 4.69) is 309 Å². The maximum atomic E-state index is 3.27. The molecule has 0 radical (unpaired) electrons. The molecule has 0 heterocycles. The Kier molecular flexibility index (Phi) is 36.0. The van der Waals surface area contributed by atoms with Crippen LogP contribution in [0.25, 0.3) is 0 Å². The van der Waals surface area contributed by atoms with Crippen molar-refractivity contribution >= 4 is 159 Å². The van der Waals surface area contributed by atoms with Crippen molar-refractivity contribution in [2.45, 2.75) is 129 Å². The molecule has 0 saturated carbocycles. The van der Waals surface area contributed by atoms with Crippen molar-refractivity contribution in [1.82, 2.24) is 0 Å². The second kappa shape index (κ2) is 38.6. The van der Waals surface area contributed by atoms with Crippen molar-refractivity contribution in [3.63, 3.8) is 0 Å². The van der Waals surface area contributed by atoms with Crippen LogP contribution in [0.5, 0.6) is 0 Å². The average Bonchev–Trinajstić information content (AvgIpc) is 3.36. The first-order valence-electron chi connectivity index (χ1n) is 25.0. The standard InChI is InChI=1S/2C29H38P.8BrH.2Mn/c2*1-2-3-4-5-6-7-8-9-19-26-30(27-20-13-10-14-21-27,28-22-15-11-16-23-28)29-24-17-12-18-25-29;;;;;;;;;;/h2*10-18,20-25H,2-9,19,26H2,1H3;8*1H;;/q2*+1;;;;;;;;;2*+3/p-8. The molecule has 0 aliphatic heterocycles. The van der Waals surface area contributed by atoms with Gasteiger partial charge in [-0.05, 0) is 98.5 Å². The quantitative estimate of drug-likeness (QED) is 0.0288. The maximum absolute atomic E-state index is 3.27. The first-order chi connectivity index (χ1) is 33.8. The van der Waals surface area contributed by atoms with Gasteiger partial charge in [-0.3, -0.25) is 0 Å². The van der Waals surface area contributed by atoms with E-state index in [-0.39, 0.29) is 0 Å². The van der Waals surface area contributed by atoms with Crippen molar-refractivity contribution in [2.24, 2.45) is 0 Å². The van der Waals surface area contributed by atoms with Gasteiger partial charge in [-0.1, -0.05) is 213 Å². The van der Waals surface area contributed by atoms with Gasteiger partial charge in [0.25, 0.3) is 0 Å². The van der Waals surface area contributed by atoms with Gasteiger partial charge in [-0.25, -0.2) is 0 Å². The SMILES string of the molecule is CCCCCCCCCCC[P+](c1ccccc1)(c1ccccc1)c1ccccc1.CCCCCCCCCCC[P+](c1ccccc1)(c1ccccc1)c1ccccc1.[Br][Mn-]([Br])([Br])[Br].[Br][Mn-]([Br])([Br])[Br]. The molecule has 6 aromatic rings. The zero-order valence-corrected chi connectivity index (χ0v) is 58.0. The number of hydrogen-bond acceptors (Lipinski definition) is 0. The van der Waals surface area contributed by atoms with Crippen LogP contribution in [0, 0.1) is 0 Å². The van der Waals surface area contributed by atoms with Gasteiger partial charge in [0.05, 0.1) is 12.3 Å². The summed E-state index contributed by atoms with van der Waals surface area (Å²) < 4.78 is 0. The number of unbranched alkanes of at least 4 members (excludes halogenated alkanes) is 16. The number of rotatable bonds is 26. The minimum atomic E-state index is -1.62. The molecule has 0 spiro atoms. The van der Waals surface area contributed by atoms with Gasteiger partial charge in [0.2, 0.25) is 0 Å². The number of halogens is 8. The second-order valence-electron chi connectivity index (χ2n) is 17.4. The van der Waals surface area contributed by atoms with Gasteiger partial charge in [-0.15, -0.1) is 0 Å². The average molecular weight is 1580 g/mol. The molecule has 0 N–H and O–H groups in total. The topological polar surface area (TPSA) is 0 Å². The summed E-state index contributed by atoms with van der Waals surface area (Å²) in [4.78, 5) is 0. The van der Waals surface area contributed by atoms with E-state index in [1.54, 1.807) is 0 Å². The van der Waals surface area contributed by atoms with Gasteiger partial charge in [-0.2, -0.15) is 0 Å². The van der Waals surface area contributed by atoms with E-state index in [4.69, 9.17) is 0 Å². The second-order valence-corrected chi connectivity index (χ2v) is 96.1. The zero-order chi connectivity index (χ0) is 50.8. The minimum absolute atomic E-state index is 1.26. The first-order valence-corrected chi connectivity index (χ1v) is 52.3. The van der Waals surface area contributed by atoms with E-state index in [1.165, 1.54) is 160 Å². The molecule has 0 fully saturated rings. The third-order valence-electron chi connectivity index (χ3n) is 12.4. The van der Waals surface area contributed by atoms with Crippen molar-refractivity contribution in [1.29, 1.82) is 0 Å². The fraction of sp³-hybridized carbons (Fsp3) is 0.379. The molecule has 0 amide bonds. The molecule has 0 saturated heterocycles. The number of benzene rings is 6. The van der Waals surface area contributed by atoms with Crippen LogP contribution >= 0.6 is 127 Å². The van der Waals surface area contributed by atoms with Gasteiger partial charge >= 0.3 is 124 Å². The Hall–Kier alpha value is 1.06. The van der Waals surface area contributed by atoms with Crippen LogP contribution in [0.4, 0.5) is 0 Å². The molecule has 70 heavy (non-hydrogen) atoms. The molecule has 6 aromatic carbocycles. The van der Waals surface area contributed by atoms with Crippen LogP contribution in [0.15, 0.2) is 182 Å². The van der Waals surface area contributed by atoms with E-state index < -0.39 is 25.8 Å². The summed E-state index contributed by atoms with van der Waals surface area (Å²) in [5, 5.41) is 9.09. The van der Waals surface area contributed by atoms with Crippen LogP contribution in [-0.2, 0) is 11.2 Å². The zero-order valence-electron chi connectivity index (χ0n) is 41.1. The van der Waals surface area contributed by atoms with Crippen LogP contribution in [0.1, 0.15) is 129 Å². The van der Waals surface area contributed by atoms with Crippen molar-refractivity contribution in [2.75, 3.05) is 12.3 Å². The predicted octanol–water partition coefficient (Wildman–Crippen LogP) is 21.8. The monoisotopic (exact) mass is 1580 g/mol. The van der Waals surface area contributed by atoms with Gasteiger partial charge < -0.3 is 0 Å². The van der Waals surface area contributed by atoms with Crippen LogP contribution in [-0.4, -0.2) is 12.3 Å². The third kappa shape index (κ3) is 26.9. The molecule has 0 bridgehead atoms. The van der Waals surface area contributed by atoms with Gasteiger partial charge in [0.15, 0.2) is 0 Å². The summed E-state index contributed by atoms with van der Waals surface area (Å²) in [5.74, 6) is 0. The molecule has 0 atom stereocenters. The molecule has 388 valence electrons. The van der Waals surface area contributed by atoms with Gasteiger partial charge in [0, 0.05) is 0 Å². The van der Waals surface area contributed by atoms with Crippen LogP contribution in [0.3, 0.4) is 0 Å². The Morgan fingerprint density at radius 2 is 0.386 bits per heavy atom. The Morgan fingerprint density at radius 1 is 0.243 bits per heavy atom. The van der Waals surface area contributed by atoms with E-state index in [0.717, 1.165) is 0 Å². The van der Waals surface area contributed by atoms with E-state index in [1.807, 2.05) is 0 Å². The summed E-state index contributed by atoms with van der Waals surface area (Å²) in [6, 6.07) is 67.8. The summed E-state index contributed by atoms with van der Waals surface area (Å²) in [6.07, 6.45) is 27.4. The fourth-order valence-electron chi connectivity index (χ4n) is 9.08. The van der Waals surface area contributed by atoms with Crippen LogP contribution < -0.4 is 31.8 Å². The Morgan fingerprint density at radius 3 is 0.543 bits per heavy atom. The molecule has 6 rings (SSSR count).